The van der Waals surface area contributed by atoms with E-state index in [1.165, 1.54) is 0 Å². The summed E-state index contributed by atoms with van der Waals surface area (Å²) in [7, 11) is 0. The maximum Gasteiger partial charge on any atom is 0.122 e. The number of nitriles is 1. The summed E-state index contributed by atoms with van der Waals surface area (Å²) >= 11 is 5.73. The second-order valence-corrected chi connectivity index (χ2v) is 2.66. The molecule has 0 amide bonds. The number of benzene rings is 1. The zero-order valence-corrected chi connectivity index (χ0v) is 7.43. The van der Waals surface area contributed by atoms with Crippen LogP contribution in [0.25, 0.3) is 0 Å². The Bertz CT molecular complexity index is 317. The van der Waals surface area contributed by atoms with Gasteiger partial charge in [0.05, 0.1) is 18.2 Å². The Kier molecular flexibility index (Phi) is 2.95. The van der Waals surface area contributed by atoms with Gasteiger partial charge in [-0.2, -0.15) is 5.26 Å². The van der Waals surface area contributed by atoms with Gasteiger partial charge in [-0.25, -0.2) is 0 Å². The normalized spacial score (nSPS) is 9.08. The van der Waals surface area contributed by atoms with Crippen molar-refractivity contribution in [3.8, 4) is 11.8 Å². The van der Waals surface area contributed by atoms with Crippen molar-refractivity contribution in [2.45, 2.75) is 6.92 Å². The molecule has 0 saturated carbocycles. The fraction of sp³-hybridized carbons (Fsp3) is 0.222. The van der Waals surface area contributed by atoms with E-state index in [1.807, 2.05) is 13.0 Å². The quantitative estimate of drug-likeness (QED) is 0.703. The van der Waals surface area contributed by atoms with Crippen LogP contribution in [-0.4, -0.2) is 6.61 Å². The van der Waals surface area contributed by atoms with Gasteiger partial charge in [0.25, 0.3) is 0 Å². The third-order valence-corrected chi connectivity index (χ3v) is 1.53. The maximum absolute atomic E-state index is 8.59. The number of nitrogens with zero attached hydrogens (tertiary/aromatic N) is 1. The maximum atomic E-state index is 8.59. The van der Waals surface area contributed by atoms with Gasteiger partial charge in [-0.3, -0.25) is 0 Å². The molecule has 1 aromatic carbocycles. The summed E-state index contributed by atoms with van der Waals surface area (Å²) in [5, 5.41) is 9.12. The van der Waals surface area contributed by atoms with Gasteiger partial charge in [-0.15, -0.1) is 0 Å². The van der Waals surface area contributed by atoms with E-state index in [0.29, 0.717) is 22.9 Å². The molecule has 12 heavy (non-hydrogen) atoms. The van der Waals surface area contributed by atoms with Crippen LogP contribution in [0.3, 0.4) is 0 Å². The average Bonchev–Trinajstić information content (AvgIpc) is 2.04. The zero-order valence-electron chi connectivity index (χ0n) is 6.67. The Morgan fingerprint density at radius 3 is 2.83 bits per heavy atom. The van der Waals surface area contributed by atoms with E-state index >= 15 is 0 Å². The molecular weight excluding hydrogens is 174 g/mol. The van der Waals surface area contributed by atoms with Gasteiger partial charge in [0, 0.05) is 5.02 Å². The van der Waals surface area contributed by atoms with Crippen molar-refractivity contribution in [3.05, 3.63) is 28.8 Å². The Morgan fingerprint density at radius 1 is 1.50 bits per heavy atom. The summed E-state index contributed by atoms with van der Waals surface area (Å²) in [6.45, 7) is 2.46. The lowest BCUT2D eigenvalue weighted by Crippen LogP contribution is -1.91. The summed E-state index contributed by atoms with van der Waals surface area (Å²) < 4.78 is 5.19. The molecule has 2 nitrogen and oxygen atoms in total. The molecule has 0 aliphatic carbocycles. The molecule has 1 aromatic rings. The first-order valence-electron chi connectivity index (χ1n) is 3.59. The third-order valence-electron chi connectivity index (χ3n) is 1.31. The van der Waals surface area contributed by atoms with E-state index in [9.17, 15) is 0 Å². The van der Waals surface area contributed by atoms with Crippen LogP contribution in [0.4, 0.5) is 0 Å². The molecule has 0 aliphatic heterocycles. The van der Waals surface area contributed by atoms with Crippen LogP contribution in [0.1, 0.15) is 12.5 Å². The third kappa shape index (κ3) is 2.14. The summed E-state index contributed by atoms with van der Waals surface area (Å²) in [6.07, 6.45) is 0. The minimum absolute atomic E-state index is 0.519. The predicted octanol–water partition coefficient (Wildman–Crippen LogP) is 2.61. The summed E-state index contributed by atoms with van der Waals surface area (Å²) in [6, 6.07) is 6.95. The molecule has 62 valence electrons. The molecule has 1 rings (SSSR count). The van der Waals surface area contributed by atoms with Crippen LogP contribution in [0.15, 0.2) is 18.2 Å². The Morgan fingerprint density at radius 2 is 2.25 bits per heavy atom. The summed E-state index contributed by atoms with van der Waals surface area (Å²) in [5.41, 5.74) is 0.519. The van der Waals surface area contributed by atoms with E-state index in [1.54, 1.807) is 18.2 Å². The first-order chi connectivity index (χ1) is 5.76. The molecule has 0 atom stereocenters. The monoisotopic (exact) mass is 181 g/mol. The molecule has 0 aromatic heterocycles. The number of ether oxygens (including phenoxy) is 1. The molecule has 3 heteroatoms. The molecule has 0 unspecified atom stereocenters. The lowest BCUT2D eigenvalue weighted by Gasteiger charge is -2.02. The number of rotatable bonds is 2. The van der Waals surface area contributed by atoms with Crippen LogP contribution in [-0.2, 0) is 0 Å². The van der Waals surface area contributed by atoms with E-state index < -0.39 is 0 Å². The molecule has 0 N–H and O–H groups in total. The zero-order chi connectivity index (χ0) is 8.97. The van der Waals surface area contributed by atoms with Gasteiger partial charge in [0.1, 0.15) is 5.75 Å². The number of hydrogen-bond acceptors (Lipinski definition) is 2. The molecule has 0 bridgehead atoms. The fourth-order valence-corrected chi connectivity index (χ4v) is 1.10. The highest BCUT2D eigenvalue weighted by atomic mass is 35.5. The van der Waals surface area contributed by atoms with E-state index in [2.05, 4.69) is 0 Å². The van der Waals surface area contributed by atoms with Gasteiger partial charge >= 0.3 is 0 Å². The first kappa shape index (κ1) is 8.89. The highest BCUT2D eigenvalue weighted by molar-refractivity contribution is 6.30. The van der Waals surface area contributed by atoms with Crippen molar-refractivity contribution in [2.24, 2.45) is 0 Å². The van der Waals surface area contributed by atoms with Crippen LogP contribution in [0, 0.1) is 11.3 Å². The smallest absolute Gasteiger partial charge is 0.122 e. The SMILES string of the molecule is CCOc1cc(Cl)cc(C#N)c1. The number of halogens is 1. The van der Waals surface area contributed by atoms with Gasteiger partial charge in [0.2, 0.25) is 0 Å². The lowest BCUT2D eigenvalue weighted by atomic mass is 10.2. The fourth-order valence-electron chi connectivity index (χ4n) is 0.877. The van der Waals surface area contributed by atoms with Crippen LogP contribution >= 0.6 is 11.6 Å². The molecule has 0 saturated heterocycles. The Balaban J connectivity index is 3.00. The summed E-state index contributed by atoms with van der Waals surface area (Å²) in [5.74, 6) is 0.640. The molecule has 0 radical (unpaired) electrons. The molecule has 0 heterocycles. The van der Waals surface area contributed by atoms with Crippen LogP contribution < -0.4 is 4.74 Å². The topological polar surface area (TPSA) is 33.0 Å². The standard InChI is InChI=1S/C9H8ClNO/c1-2-12-9-4-7(6-11)3-8(10)5-9/h3-5H,2H2,1H3. The van der Waals surface area contributed by atoms with Crippen molar-refractivity contribution in [2.75, 3.05) is 6.61 Å². The molecule has 0 aliphatic rings. The lowest BCUT2D eigenvalue weighted by molar-refractivity contribution is 0.340. The highest BCUT2D eigenvalue weighted by Crippen LogP contribution is 2.20. The minimum Gasteiger partial charge on any atom is -0.494 e. The molecule has 0 spiro atoms. The predicted molar refractivity (Wildman–Crippen MR) is 47.3 cm³/mol. The minimum atomic E-state index is 0.519. The van der Waals surface area contributed by atoms with Crippen molar-refractivity contribution in [1.29, 1.82) is 5.26 Å². The van der Waals surface area contributed by atoms with E-state index in [-0.39, 0.29) is 0 Å². The van der Waals surface area contributed by atoms with Gasteiger partial charge in [0.15, 0.2) is 0 Å². The summed E-state index contributed by atoms with van der Waals surface area (Å²) in [4.78, 5) is 0. The number of hydrogen-bond donors (Lipinski definition) is 0. The van der Waals surface area contributed by atoms with Gasteiger partial charge in [-0.05, 0) is 25.1 Å². The first-order valence-corrected chi connectivity index (χ1v) is 3.97. The second-order valence-electron chi connectivity index (χ2n) is 2.22. The van der Waals surface area contributed by atoms with Gasteiger partial charge < -0.3 is 4.74 Å². The molecular formula is C9H8ClNO. The van der Waals surface area contributed by atoms with Crippen LogP contribution in [0.2, 0.25) is 5.02 Å². The highest BCUT2D eigenvalue weighted by Gasteiger charge is 1.98. The van der Waals surface area contributed by atoms with E-state index in [4.69, 9.17) is 21.6 Å². The van der Waals surface area contributed by atoms with Crippen molar-refractivity contribution >= 4 is 11.6 Å². The Hall–Kier alpha value is -1.20. The van der Waals surface area contributed by atoms with Crippen LogP contribution in [0.5, 0.6) is 5.75 Å². The van der Waals surface area contributed by atoms with E-state index in [0.717, 1.165) is 0 Å². The average molecular weight is 182 g/mol. The van der Waals surface area contributed by atoms with Crippen molar-refractivity contribution < 1.29 is 4.74 Å². The van der Waals surface area contributed by atoms with Gasteiger partial charge in [-0.1, -0.05) is 11.6 Å². The molecule has 0 fully saturated rings. The van der Waals surface area contributed by atoms with Crippen molar-refractivity contribution in [1.82, 2.24) is 0 Å². The van der Waals surface area contributed by atoms with Crippen molar-refractivity contribution in [3.63, 3.8) is 0 Å². The largest absolute Gasteiger partial charge is 0.494 e. The second kappa shape index (κ2) is 3.99. The Labute approximate surface area is 76.3 Å².